The van der Waals surface area contributed by atoms with Gasteiger partial charge < -0.3 is 3.93 Å². The van der Waals surface area contributed by atoms with Crippen LogP contribution < -0.4 is 0 Å². The van der Waals surface area contributed by atoms with E-state index in [1.807, 2.05) is 10.1 Å². The van der Waals surface area contributed by atoms with E-state index in [9.17, 15) is 0 Å². The van der Waals surface area contributed by atoms with Crippen LogP contribution in [0.1, 0.15) is 0 Å². The molecule has 0 spiro atoms. The van der Waals surface area contributed by atoms with Gasteiger partial charge in [-0.2, -0.15) is 0 Å². The van der Waals surface area contributed by atoms with Gasteiger partial charge >= 0.3 is 0 Å². The van der Waals surface area contributed by atoms with Crippen molar-refractivity contribution in [2.45, 2.75) is 0 Å². The van der Waals surface area contributed by atoms with Crippen molar-refractivity contribution in [1.82, 2.24) is 3.93 Å². The zero-order chi connectivity index (χ0) is 6.69. The molecule has 0 aromatic carbocycles. The molecule has 9 heavy (non-hydrogen) atoms. The molecule has 0 N–H and O–H groups in total. The fraction of sp³-hybridized carbons (Fsp3) is 0.333. The first kappa shape index (κ1) is 7.35. The number of alkyl halides is 1. The van der Waals surface area contributed by atoms with Gasteiger partial charge in [-0.05, 0) is 11.6 Å². The van der Waals surface area contributed by atoms with E-state index in [1.54, 1.807) is 0 Å². The molecular weight excluding hydrogens is 246 g/mol. The van der Waals surface area contributed by atoms with E-state index < -0.39 is 0 Å². The zero-order valence-corrected chi connectivity index (χ0v) is 8.02. The third-order valence-electron chi connectivity index (χ3n) is 1.13. The molecule has 1 nitrogen and oxygen atoms in total. The second kappa shape index (κ2) is 3.42. The summed E-state index contributed by atoms with van der Waals surface area (Å²) in [6, 6.07) is 0. The topological polar surface area (TPSA) is 3.24 Å². The molecule has 0 aromatic rings. The van der Waals surface area contributed by atoms with Crippen molar-refractivity contribution in [3.8, 4) is 0 Å². The van der Waals surface area contributed by atoms with Gasteiger partial charge in [0.25, 0.3) is 0 Å². The van der Waals surface area contributed by atoms with Gasteiger partial charge in [-0.3, -0.25) is 0 Å². The minimum Gasteiger partial charge on any atom is -0.312 e. The molecule has 0 saturated heterocycles. The summed E-state index contributed by atoms with van der Waals surface area (Å²) in [5.74, 6) is 0. The second-order valence-corrected chi connectivity index (χ2v) is 3.28. The van der Waals surface area contributed by atoms with Crippen LogP contribution >= 0.6 is 32.1 Å². The van der Waals surface area contributed by atoms with Crippen LogP contribution in [0.15, 0.2) is 23.9 Å². The van der Waals surface area contributed by atoms with Gasteiger partial charge in [0.15, 0.2) is 0 Å². The monoisotopic (exact) mass is 251 g/mol. The number of allylic oxidation sites excluding steroid dienone is 2. The minimum atomic E-state index is 0.949. The molecule has 0 aliphatic carbocycles. The van der Waals surface area contributed by atoms with Gasteiger partial charge in [0.2, 0.25) is 0 Å². The van der Waals surface area contributed by atoms with Crippen LogP contribution in [0.2, 0.25) is 0 Å². The highest BCUT2D eigenvalue weighted by atomic mass is 79.9. The molecule has 3 heteroatoms. The lowest BCUT2D eigenvalue weighted by molar-refractivity contribution is 0.709. The Bertz CT molecular complexity index is 151. The van der Waals surface area contributed by atoms with Crippen molar-refractivity contribution < 1.29 is 0 Å². The highest BCUT2D eigenvalue weighted by Crippen LogP contribution is 2.11. The lowest BCUT2D eigenvalue weighted by Crippen LogP contribution is -2.06. The smallest absolute Gasteiger partial charge is 0.0494 e. The number of rotatable bonds is 1. The van der Waals surface area contributed by atoms with Gasteiger partial charge in [0.1, 0.15) is 0 Å². The number of nitrogens with zero attached hydrogens (tertiary/aromatic N) is 1. The first-order chi connectivity index (χ1) is 4.33. The predicted octanol–water partition coefficient (Wildman–Crippen LogP) is 2.45. The van der Waals surface area contributed by atoms with Crippen LogP contribution in [0.5, 0.6) is 0 Å². The third-order valence-corrected chi connectivity index (χ3v) is 2.31. The molecule has 0 amide bonds. The molecule has 0 atom stereocenters. The van der Waals surface area contributed by atoms with Crippen LogP contribution in [0.25, 0.3) is 0 Å². The van der Waals surface area contributed by atoms with E-state index in [0.717, 1.165) is 11.9 Å². The molecule has 1 heterocycles. The average Bonchev–Trinajstić information content (AvgIpc) is 1.90. The quantitative estimate of drug-likeness (QED) is 0.512. The highest BCUT2D eigenvalue weighted by Gasteiger charge is 1.98. The number of hydrogen-bond acceptors (Lipinski definition) is 1. The van der Waals surface area contributed by atoms with Crippen LogP contribution in [-0.4, -0.2) is 15.8 Å². The van der Waals surface area contributed by atoms with Crippen molar-refractivity contribution in [3.05, 3.63) is 23.9 Å². The van der Waals surface area contributed by atoms with Crippen molar-refractivity contribution in [2.75, 3.05) is 11.9 Å². The lowest BCUT2D eigenvalue weighted by Gasteiger charge is -2.12. The molecule has 1 aliphatic heterocycles. The molecule has 50 valence electrons. The van der Waals surface area contributed by atoms with Crippen LogP contribution in [0.4, 0.5) is 0 Å². The first-order valence-corrected chi connectivity index (χ1v) is 4.51. The van der Waals surface area contributed by atoms with E-state index in [0.29, 0.717) is 0 Å². The Morgan fingerprint density at radius 3 is 2.89 bits per heavy atom. The second-order valence-electron chi connectivity index (χ2n) is 1.81. The molecule has 0 fully saturated rings. The van der Waals surface area contributed by atoms with Crippen molar-refractivity contribution in [1.29, 1.82) is 0 Å². The summed E-state index contributed by atoms with van der Waals surface area (Å²) >= 11 is 6.71. The van der Waals surface area contributed by atoms with Crippen molar-refractivity contribution >= 4 is 32.1 Å². The Balaban J connectivity index is 2.52. The van der Waals surface area contributed by atoms with E-state index >= 15 is 0 Å². The summed E-state index contributed by atoms with van der Waals surface area (Å²) in [5, 5.41) is 0.949. The van der Waals surface area contributed by atoms with Crippen molar-refractivity contribution in [2.24, 2.45) is 0 Å². The molecule has 1 rings (SSSR count). The van der Waals surface area contributed by atoms with E-state index in [4.69, 9.17) is 0 Å². The Morgan fingerprint density at radius 2 is 2.44 bits per heavy atom. The summed E-state index contributed by atoms with van der Waals surface area (Å²) in [7, 11) is 0. The normalized spacial score (nSPS) is 18.0. The molecule has 0 aromatic heterocycles. The number of halogens is 2. The SMILES string of the molecule is BrCC1=CCN(Br)C=C1. The summed E-state index contributed by atoms with van der Waals surface area (Å²) in [4.78, 5) is 0. The summed E-state index contributed by atoms with van der Waals surface area (Å²) < 4.78 is 1.96. The fourth-order valence-corrected chi connectivity index (χ4v) is 1.29. The maximum Gasteiger partial charge on any atom is 0.0494 e. The first-order valence-electron chi connectivity index (χ1n) is 2.68. The summed E-state index contributed by atoms with van der Waals surface area (Å²) in [5.41, 5.74) is 1.34. The van der Waals surface area contributed by atoms with Gasteiger partial charge in [0, 0.05) is 34.2 Å². The van der Waals surface area contributed by atoms with Gasteiger partial charge in [-0.1, -0.05) is 22.0 Å². The predicted molar refractivity (Wildman–Crippen MR) is 46.7 cm³/mol. The van der Waals surface area contributed by atoms with Gasteiger partial charge in [0.05, 0.1) is 0 Å². The minimum absolute atomic E-state index is 0.949. The zero-order valence-electron chi connectivity index (χ0n) is 4.85. The molecule has 0 saturated carbocycles. The van der Waals surface area contributed by atoms with E-state index in [-0.39, 0.29) is 0 Å². The third kappa shape index (κ3) is 2.14. The van der Waals surface area contributed by atoms with Gasteiger partial charge in [-0.15, -0.1) is 0 Å². The standard InChI is InChI=1S/C6H7Br2N/c7-5-6-1-3-9(8)4-2-6/h1-3H,4-5H2. The summed E-state index contributed by atoms with van der Waals surface area (Å²) in [6.07, 6.45) is 6.26. The maximum absolute atomic E-state index is 3.38. The highest BCUT2D eigenvalue weighted by molar-refractivity contribution is 9.09. The fourth-order valence-electron chi connectivity index (χ4n) is 0.609. The van der Waals surface area contributed by atoms with E-state index in [1.165, 1.54) is 5.57 Å². The number of hydrogen-bond donors (Lipinski definition) is 0. The summed E-state index contributed by atoms with van der Waals surface area (Å²) in [6.45, 7) is 0.956. The van der Waals surface area contributed by atoms with Crippen LogP contribution in [-0.2, 0) is 0 Å². The van der Waals surface area contributed by atoms with Crippen molar-refractivity contribution in [3.63, 3.8) is 0 Å². The maximum atomic E-state index is 3.38. The Labute approximate surface area is 71.9 Å². The molecule has 0 unspecified atom stereocenters. The largest absolute Gasteiger partial charge is 0.312 e. The molecule has 1 aliphatic rings. The van der Waals surface area contributed by atoms with Crippen LogP contribution in [0.3, 0.4) is 0 Å². The Kier molecular flexibility index (Phi) is 2.79. The molecule has 0 radical (unpaired) electrons. The van der Waals surface area contributed by atoms with Crippen LogP contribution in [0, 0.1) is 0 Å². The Morgan fingerprint density at radius 1 is 1.67 bits per heavy atom. The average molecular weight is 253 g/mol. The Hall–Kier alpha value is 0.240. The van der Waals surface area contributed by atoms with Gasteiger partial charge in [-0.25, -0.2) is 0 Å². The molecular formula is C6H7Br2N. The van der Waals surface area contributed by atoms with E-state index in [2.05, 4.69) is 44.2 Å². The lowest BCUT2D eigenvalue weighted by atomic mass is 10.2. The molecule has 0 bridgehead atoms.